The zero-order chi connectivity index (χ0) is 23.9. The molecule has 1 amide bonds. The molecule has 0 bridgehead atoms. The summed E-state index contributed by atoms with van der Waals surface area (Å²) in [7, 11) is 0. The third-order valence-electron chi connectivity index (χ3n) is 5.93. The van der Waals surface area contributed by atoms with Crippen molar-refractivity contribution in [2.24, 2.45) is 4.99 Å². The summed E-state index contributed by atoms with van der Waals surface area (Å²) in [4.78, 5) is 19.9. The molecule has 1 saturated heterocycles. The fourth-order valence-electron chi connectivity index (χ4n) is 4.27. The zero-order valence-electron chi connectivity index (χ0n) is 18.4. The molecule has 4 heterocycles. The van der Waals surface area contributed by atoms with Crippen LogP contribution in [-0.2, 0) is 28.7 Å². The second-order valence-electron chi connectivity index (χ2n) is 8.13. The molecule has 2 aliphatic heterocycles. The van der Waals surface area contributed by atoms with Crippen LogP contribution in [0.3, 0.4) is 0 Å². The number of amides is 1. The SMILES string of the molecule is Cc1nnc2n1-c1sc(CCC(=O)N3CCOCC3)cc1C(c1ccccc1C(F)(F)F)=NC2. The van der Waals surface area contributed by atoms with Gasteiger partial charge in [0.2, 0.25) is 5.91 Å². The van der Waals surface area contributed by atoms with Crippen LogP contribution >= 0.6 is 11.3 Å². The van der Waals surface area contributed by atoms with Gasteiger partial charge in [-0.25, -0.2) is 0 Å². The minimum atomic E-state index is -4.51. The normalized spacial score (nSPS) is 16.0. The number of aliphatic imine (C=N–C) groups is 1. The number of aromatic nitrogens is 3. The van der Waals surface area contributed by atoms with Crippen molar-refractivity contribution in [2.75, 3.05) is 26.3 Å². The fourth-order valence-corrected chi connectivity index (χ4v) is 5.49. The molecule has 2 aromatic heterocycles. The average Bonchev–Trinajstić information content (AvgIpc) is 3.37. The molecule has 0 saturated carbocycles. The van der Waals surface area contributed by atoms with Crippen molar-refractivity contribution in [3.05, 3.63) is 63.5 Å². The molecule has 0 unspecified atom stereocenters. The van der Waals surface area contributed by atoms with Gasteiger partial charge in [0.25, 0.3) is 0 Å². The fraction of sp³-hybridized carbons (Fsp3) is 0.391. The van der Waals surface area contributed by atoms with Crippen LogP contribution in [0, 0.1) is 6.92 Å². The Hall–Kier alpha value is -3.05. The molecule has 0 radical (unpaired) electrons. The third-order valence-corrected chi connectivity index (χ3v) is 7.11. The molecule has 0 aliphatic carbocycles. The van der Waals surface area contributed by atoms with Gasteiger partial charge >= 0.3 is 6.18 Å². The number of carbonyl (C=O) groups is 1. The highest BCUT2D eigenvalue weighted by Crippen LogP contribution is 2.37. The van der Waals surface area contributed by atoms with E-state index in [-0.39, 0.29) is 23.7 Å². The second-order valence-corrected chi connectivity index (χ2v) is 9.25. The quantitative estimate of drug-likeness (QED) is 0.559. The number of benzene rings is 1. The number of fused-ring (bicyclic) bond motifs is 3. The maximum atomic E-state index is 13.8. The highest BCUT2D eigenvalue weighted by Gasteiger charge is 2.36. The van der Waals surface area contributed by atoms with Crippen LogP contribution in [0.2, 0.25) is 0 Å². The van der Waals surface area contributed by atoms with Gasteiger partial charge in [-0.3, -0.25) is 14.4 Å². The topological polar surface area (TPSA) is 72.6 Å². The van der Waals surface area contributed by atoms with E-state index in [1.54, 1.807) is 17.9 Å². The molecule has 2 aliphatic rings. The largest absolute Gasteiger partial charge is 0.417 e. The molecular weight excluding hydrogens is 467 g/mol. The van der Waals surface area contributed by atoms with Gasteiger partial charge in [-0.1, -0.05) is 18.2 Å². The van der Waals surface area contributed by atoms with E-state index in [0.717, 1.165) is 15.9 Å². The van der Waals surface area contributed by atoms with Gasteiger partial charge in [0, 0.05) is 35.5 Å². The van der Waals surface area contributed by atoms with Crippen LogP contribution in [0.15, 0.2) is 35.3 Å². The Morgan fingerprint density at radius 3 is 2.68 bits per heavy atom. The van der Waals surface area contributed by atoms with Crippen LogP contribution in [0.5, 0.6) is 0 Å². The van der Waals surface area contributed by atoms with E-state index in [1.807, 2.05) is 10.6 Å². The number of alkyl halides is 3. The first-order valence-electron chi connectivity index (χ1n) is 10.9. The van der Waals surface area contributed by atoms with Gasteiger partial charge in [-0.05, 0) is 25.5 Å². The maximum Gasteiger partial charge on any atom is 0.417 e. The minimum absolute atomic E-state index is 0.0290. The van der Waals surface area contributed by atoms with E-state index in [4.69, 9.17) is 4.74 Å². The number of thiophene rings is 1. The lowest BCUT2D eigenvalue weighted by atomic mass is 9.97. The number of hydrogen-bond acceptors (Lipinski definition) is 6. The first kappa shape index (κ1) is 22.7. The number of morpholine rings is 1. The summed E-state index contributed by atoms with van der Waals surface area (Å²) in [5.74, 6) is 1.25. The third kappa shape index (κ3) is 4.25. The maximum absolute atomic E-state index is 13.8. The van der Waals surface area contributed by atoms with Crippen molar-refractivity contribution in [1.82, 2.24) is 19.7 Å². The van der Waals surface area contributed by atoms with Crippen molar-refractivity contribution in [1.29, 1.82) is 0 Å². The van der Waals surface area contributed by atoms with Crippen LogP contribution < -0.4 is 0 Å². The molecule has 0 spiro atoms. The summed E-state index contributed by atoms with van der Waals surface area (Å²) in [6.45, 7) is 4.15. The molecule has 5 rings (SSSR count). The molecule has 0 N–H and O–H groups in total. The second kappa shape index (κ2) is 8.95. The molecular formula is C23H22F3N5O2S. The molecule has 34 heavy (non-hydrogen) atoms. The summed E-state index contributed by atoms with van der Waals surface area (Å²) in [5, 5.41) is 9.03. The van der Waals surface area contributed by atoms with Crippen LogP contribution in [0.25, 0.3) is 5.00 Å². The van der Waals surface area contributed by atoms with Crippen LogP contribution in [0.4, 0.5) is 13.2 Å². The number of rotatable bonds is 4. The smallest absolute Gasteiger partial charge is 0.378 e. The van der Waals surface area contributed by atoms with E-state index in [1.165, 1.54) is 23.5 Å². The zero-order valence-corrected chi connectivity index (χ0v) is 19.2. The number of hydrogen-bond donors (Lipinski definition) is 0. The van der Waals surface area contributed by atoms with E-state index in [2.05, 4.69) is 15.2 Å². The van der Waals surface area contributed by atoms with Gasteiger partial charge in [0.1, 0.15) is 17.4 Å². The Kier molecular flexibility index (Phi) is 5.98. The lowest BCUT2D eigenvalue weighted by Crippen LogP contribution is -2.40. The van der Waals surface area contributed by atoms with Crippen LogP contribution in [0.1, 0.15) is 39.6 Å². The summed E-state index contributed by atoms with van der Waals surface area (Å²) >= 11 is 1.44. The van der Waals surface area contributed by atoms with Crippen molar-refractivity contribution in [3.8, 4) is 5.00 Å². The van der Waals surface area contributed by atoms with Gasteiger partial charge < -0.3 is 9.64 Å². The number of halogens is 3. The summed E-state index contributed by atoms with van der Waals surface area (Å²) in [6.07, 6.45) is -3.71. The molecule has 3 aromatic rings. The number of carbonyl (C=O) groups excluding carboxylic acids is 1. The Labute approximate surface area is 197 Å². The van der Waals surface area contributed by atoms with Gasteiger partial charge in [0.15, 0.2) is 5.82 Å². The van der Waals surface area contributed by atoms with Gasteiger partial charge in [-0.2, -0.15) is 13.2 Å². The molecule has 178 valence electrons. The number of aryl methyl sites for hydroxylation is 2. The summed E-state index contributed by atoms with van der Waals surface area (Å²) in [5.41, 5.74) is 0.165. The Bertz CT molecular complexity index is 1260. The number of ether oxygens (including phenoxy) is 1. The summed E-state index contributed by atoms with van der Waals surface area (Å²) in [6, 6.07) is 7.33. The lowest BCUT2D eigenvalue weighted by Gasteiger charge is -2.26. The van der Waals surface area contributed by atoms with Gasteiger partial charge in [-0.15, -0.1) is 21.5 Å². The van der Waals surface area contributed by atoms with E-state index >= 15 is 0 Å². The summed E-state index contributed by atoms with van der Waals surface area (Å²) < 4.78 is 48.6. The van der Waals surface area contributed by atoms with E-state index in [9.17, 15) is 18.0 Å². The highest BCUT2D eigenvalue weighted by molar-refractivity contribution is 7.15. The monoisotopic (exact) mass is 489 g/mol. The minimum Gasteiger partial charge on any atom is -0.378 e. The van der Waals surface area contributed by atoms with Gasteiger partial charge in [0.05, 0.1) is 24.5 Å². The molecule has 1 fully saturated rings. The van der Waals surface area contributed by atoms with E-state index in [0.29, 0.717) is 56.4 Å². The lowest BCUT2D eigenvalue weighted by molar-refractivity contribution is -0.137. The predicted octanol–water partition coefficient (Wildman–Crippen LogP) is 3.80. The molecule has 0 atom stereocenters. The van der Waals surface area contributed by atoms with Crippen molar-refractivity contribution in [2.45, 2.75) is 32.5 Å². The standard InChI is InChI=1S/C23H22F3N5O2S/c1-14-28-29-19-13-27-21(16-4-2-3-5-18(16)23(24,25)26)17-12-15(34-22(17)31(14)19)6-7-20(32)30-8-10-33-11-9-30/h2-5,12H,6-11,13H2,1H3. The van der Waals surface area contributed by atoms with Crippen molar-refractivity contribution >= 4 is 23.0 Å². The predicted molar refractivity (Wildman–Crippen MR) is 120 cm³/mol. The Morgan fingerprint density at radius 2 is 1.91 bits per heavy atom. The van der Waals surface area contributed by atoms with Crippen molar-refractivity contribution < 1.29 is 22.7 Å². The number of nitrogens with zero attached hydrogens (tertiary/aromatic N) is 5. The average molecular weight is 490 g/mol. The van der Waals surface area contributed by atoms with Crippen LogP contribution in [-0.4, -0.2) is 57.6 Å². The Morgan fingerprint density at radius 1 is 1.15 bits per heavy atom. The first-order valence-corrected chi connectivity index (χ1v) is 11.8. The first-order chi connectivity index (χ1) is 16.3. The molecule has 1 aromatic carbocycles. The molecule has 7 nitrogen and oxygen atoms in total. The molecule has 11 heteroatoms. The van der Waals surface area contributed by atoms with E-state index < -0.39 is 11.7 Å². The Balaban J connectivity index is 1.53. The highest BCUT2D eigenvalue weighted by atomic mass is 32.1. The van der Waals surface area contributed by atoms with Crippen molar-refractivity contribution in [3.63, 3.8) is 0 Å².